The van der Waals surface area contributed by atoms with Crippen LogP contribution < -0.4 is 5.32 Å². The SMILES string of the molecule is CNCc1cccc(-c2nn[nH]n2)c1.Cl. The third kappa shape index (κ3) is 2.74. The lowest BCUT2D eigenvalue weighted by Gasteiger charge is -2.00. The number of benzene rings is 1. The molecule has 0 bridgehead atoms. The second kappa shape index (κ2) is 5.43. The Bertz CT molecular complexity index is 401. The Kier molecular flexibility index (Phi) is 4.20. The van der Waals surface area contributed by atoms with Gasteiger partial charge in [0, 0.05) is 12.1 Å². The highest BCUT2D eigenvalue weighted by Crippen LogP contribution is 2.14. The molecule has 0 saturated carbocycles. The number of nitrogens with one attached hydrogen (secondary N) is 2. The van der Waals surface area contributed by atoms with Gasteiger partial charge in [-0.1, -0.05) is 18.2 Å². The standard InChI is InChI=1S/C9H11N5.ClH/c1-10-6-7-3-2-4-8(5-7)9-11-13-14-12-9;/h2-5,10H,6H2,1H3,(H,11,12,13,14);1H. The maximum absolute atomic E-state index is 3.92. The molecule has 0 aliphatic rings. The minimum Gasteiger partial charge on any atom is -0.316 e. The largest absolute Gasteiger partial charge is 0.316 e. The summed E-state index contributed by atoms with van der Waals surface area (Å²) < 4.78 is 0. The van der Waals surface area contributed by atoms with Crippen molar-refractivity contribution in [3.05, 3.63) is 29.8 Å². The number of hydrogen-bond donors (Lipinski definition) is 2. The molecule has 1 heterocycles. The number of tetrazole rings is 1. The van der Waals surface area contributed by atoms with Crippen LogP contribution in [-0.2, 0) is 6.54 Å². The van der Waals surface area contributed by atoms with Gasteiger partial charge in [-0.15, -0.1) is 22.6 Å². The fraction of sp³-hybridized carbons (Fsp3) is 0.222. The quantitative estimate of drug-likeness (QED) is 0.818. The minimum atomic E-state index is 0. The van der Waals surface area contributed by atoms with Crippen molar-refractivity contribution in [2.24, 2.45) is 0 Å². The van der Waals surface area contributed by atoms with Crippen molar-refractivity contribution < 1.29 is 0 Å². The molecule has 0 spiro atoms. The van der Waals surface area contributed by atoms with Crippen molar-refractivity contribution in [2.75, 3.05) is 7.05 Å². The molecule has 15 heavy (non-hydrogen) atoms. The number of hydrogen-bond acceptors (Lipinski definition) is 4. The molecule has 1 aromatic heterocycles. The molecular weight excluding hydrogens is 214 g/mol. The Morgan fingerprint density at radius 2 is 2.27 bits per heavy atom. The monoisotopic (exact) mass is 225 g/mol. The predicted octanol–water partition coefficient (Wildman–Crippen LogP) is 1.01. The zero-order chi connectivity index (χ0) is 9.80. The van der Waals surface area contributed by atoms with Crippen molar-refractivity contribution in [3.63, 3.8) is 0 Å². The molecule has 2 N–H and O–H groups in total. The molecule has 0 fully saturated rings. The van der Waals surface area contributed by atoms with Crippen LogP contribution in [0.25, 0.3) is 11.4 Å². The van der Waals surface area contributed by atoms with E-state index in [2.05, 4.69) is 32.0 Å². The molecule has 0 unspecified atom stereocenters. The first-order chi connectivity index (χ1) is 6.90. The summed E-state index contributed by atoms with van der Waals surface area (Å²) in [4.78, 5) is 0. The van der Waals surface area contributed by atoms with Gasteiger partial charge in [0.25, 0.3) is 0 Å². The summed E-state index contributed by atoms with van der Waals surface area (Å²) in [5.74, 6) is 0.628. The number of H-pyrrole nitrogens is 1. The zero-order valence-corrected chi connectivity index (χ0v) is 9.08. The van der Waals surface area contributed by atoms with E-state index in [1.807, 2.05) is 25.2 Å². The van der Waals surface area contributed by atoms with Gasteiger partial charge in [-0.25, -0.2) is 0 Å². The molecule has 0 aliphatic carbocycles. The van der Waals surface area contributed by atoms with E-state index in [0.717, 1.165) is 12.1 Å². The summed E-state index contributed by atoms with van der Waals surface area (Å²) >= 11 is 0. The lowest BCUT2D eigenvalue weighted by molar-refractivity contribution is 0.818. The van der Waals surface area contributed by atoms with E-state index in [-0.39, 0.29) is 12.4 Å². The molecule has 0 aliphatic heterocycles. The van der Waals surface area contributed by atoms with Crippen LogP contribution in [0.3, 0.4) is 0 Å². The molecule has 0 amide bonds. The third-order valence-corrected chi connectivity index (χ3v) is 1.91. The summed E-state index contributed by atoms with van der Waals surface area (Å²) in [5.41, 5.74) is 2.18. The van der Waals surface area contributed by atoms with E-state index in [0.29, 0.717) is 5.82 Å². The van der Waals surface area contributed by atoms with E-state index in [4.69, 9.17) is 0 Å². The number of halogens is 1. The van der Waals surface area contributed by atoms with Crippen molar-refractivity contribution in [2.45, 2.75) is 6.54 Å². The Hall–Kier alpha value is -1.46. The average molecular weight is 226 g/mol. The highest BCUT2D eigenvalue weighted by Gasteiger charge is 2.02. The summed E-state index contributed by atoms with van der Waals surface area (Å²) in [5, 5.41) is 16.9. The number of nitrogens with zero attached hydrogens (tertiary/aromatic N) is 3. The Balaban J connectivity index is 0.00000112. The maximum atomic E-state index is 3.92. The summed E-state index contributed by atoms with van der Waals surface area (Å²) in [6.45, 7) is 0.839. The van der Waals surface area contributed by atoms with Crippen LogP contribution in [0.15, 0.2) is 24.3 Å². The van der Waals surface area contributed by atoms with Crippen LogP contribution in [-0.4, -0.2) is 27.7 Å². The van der Waals surface area contributed by atoms with Crippen molar-refractivity contribution in [1.82, 2.24) is 25.9 Å². The van der Waals surface area contributed by atoms with Crippen LogP contribution >= 0.6 is 12.4 Å². The topological polar surface area (TPSA) is 66.5 Å². The highest BCUT2D eigenvalue weighted by molar-refractivity contribution is 5.85. The third-order valence-electron chi connectivity index (χ3n) is 1.91. The van der Waals surface area contributed by atoms with E-state index >= 15 is 0 Å². The van der Waals surface area contributed by atoms with Gasteiger partial charge in [-0.05, 0) is 23.9 Å². The molecule has 80 valence electrons. The van der Waals surface area contributed by atoms with Gasteiger partial charge in [-0.2, -0.15) is 5.21 Å². The molecule has 0 radical (unpaired) electrons. The van der Waals surface area contributed by atoms with Gasteiger partial charge in [-0.3, -0.25) is 0 Å². The smallest absolute Gasteiger partial charge is 0.204 e. The first-order valence-electron chi connectivity index (χ1n) is 4.37. The van der Waals surface area contributed by atoms with Gasteiger partial charge < -0.3 is 5.32 Å². The van der Waals surface area contributed by atoms with E-state index in [9.17, 15) is 0 Å². The lowest BCUT2D eigenvalue weighted by atomic mass is 10.1. The van der Waals surface area contributed by atoms with Gasteiger partial charge in [0.2, 0.25) is 5.82 Å². The number of aromatic amines is 1. The van der Waals surface area contributed by atoms with Gasteiger partial charge in [0.15, 0.2) is 0 Å². The molecule has 5 nitrogen and oxygen atoms in total. The number of rotatable bonds is 3. The lowest BCUT2D eigenvalue weighted by Crippen LogP contribution is -2.04. The average Bonchev–Trinajstić information content (AvgIpc) is 2.71. The second-order valence-corrected chi connectivity index (χ2v) is 2.97. The van der Waals surface area contributed by atoms with Crippen molar-refractivity contribution >= 4 is 12.4 Å². The van der Waals surface area contributed by atoms with E-state index < -0.39 is 0 Å². The number of aromatic nitrogens is 4. The zero-order valence-electron chi connectivity index (χ0n) is 8.27. The van der Waals surface area contributed by atoms with Crippen LogP contribution in [0.2, 0.25) is 0 Å². The van der Waals surface area contributed by atoms with Gasteiger partial charge in [0.05, 0.1) is 0 Å². The van der Waals surface area contributed by atoms with Crippen LogP contribution in [0, 0.1) is 0 Å². The molecular formula is C9H12ClN5. The van der Waals surface area contributed by atoms with Crippen LogP contribution in [0.1, 0.15) is 5.56 Å². The molecule has 1 aromatic carbocycles. The van der Waals surface area contributed by atoms with Crippen LogP contribution in [0.4, 0.5) is 0 Å². The molecule has 6 heteroatoms. The summed E-state index contributed by atoms with van der Waals surface area (Å²) in [6, 6.07) is 8.05. The highest BCUT2D eigenvalue weighted by atomic mass is 35.5. The van der Waals surface area contributed by atoms with Gasteiger partial charge in [0.1, 0.15) is 0 Å². The summed E-state index contributed by atoms with van der Waals surface area (Å²) in [7, 11) is 1.92. The maximum Gasteiger partial charge on any atom is 0.204 e. The second-order valence-electron chi connectivity index (χ2n) is 2.97. The molecule has 2 aromatic rings. The van der Waals surface area contributed by atoms with Crippen molar-refractivity contribution in [3.8, 4) is 11.4 Å². The molecule has 2 rings (SSSR count). The van der Waals surface area contributed by atoms with Crippen molar-refractivity contribution in [1.29, 1.82) is 0 Å². The van der Waals surface area contributed by atoms with Gasteiger partial charge >= 0.3 is 0 Å². The van der Waals surface area contributed by atoms with E-state index in [1.54, 1.807) is 0 Å². The van der Waals surface area contributed by atoms with E-state index in [1.165, 1.54) is 5.56 Å². The molecule has 0 atom stereocenters. The fourth-order valence-electron chi connectivity index (χ4n) is 1.31. The normalized spacial score (nSPS) is 9.67. The predicted molar refractivity (Wildman–Crippen MR) is 59.6 cm³/mol. The molecule has 0 saturated heterocycles. The Labute approximate surface area is 93.7 Å². The Morgan fingerprint density at radius 3 is 2.93 bits per heavy atom. The van der Waals surface area contributed by atoms with Crippen LogP contribution in [0.5, 0.6) is 0 Å². The minimum absolute atomic E-state index is 0. The Morgan fingerprint density at radius 1 is 1.40 bits per heavy atom. The summed E-state index contributed by atoms with van der Waals surface area (Å²) in [6.07, 6.45) is 0. The fourth-order valence-corrected chi connectivity index (χ4v) is 1.31. The first kappa shape index (κ1) is 11.6. The first-order valence-corrected chi connectivity index (χ1v) is 4.37.